The predicted molar refractivity (Wildman–Crippen MR) is 69.2 cm³/mol. The molecule has 0 radical (unpaired) electrons. The van der Waals surface area contributed by atoms with Crippen LogP contribution < -0.4 is 5.73 Å². The molecular weight excluding hydrogens is 302 g/mol. The third kappa shape index (κ3) is 4.23. The lowest BCUT2D eigenvalue weighted by molar-refractivity contribution is 0.370. The highest BCUT2D eigenvalue weighted by molar-refractivity contribution is 7.99. The van der Waals surface area contributed by atoms with Crippen LogP contribution in [0.3, 0.4) is 0 Å². The average molecular weight is 313 g/mol. The molecule has 5 N–H and O–H groups in total. The van der Waals surface area contributed by atoms with E-state index in [1.165, 1.54) is 17.8 Å². The second-order valence-corrected chi connectivity index (χ2v) is 6.02. The molecule has 0 aromatic heterocycles. The fourth-order valence-corrected chi connectivity index (χ4v) is 2.90. The highest BCUT2D eigenvalue weighted by atomic mass is 32.2. The number of rotatable bonds is 6. The zero-order chi connectivity index (χ0) is 13.8. The molecule has 0 heterocycles. The maximum Gasteiger partial charge on any atom is 0.298 e. The van der Waals surface area contributed by atoms with Crippen molar-refractivity contribution in [2.45, 2.75) is 9.79 Å². The molecule has 7 nitrogen and oxygen atoms in total. The minimum atomic E-state index is -4.53. The van der Waals surface area contributed by atoms with E-state index < -0.39 is 20.8 Å². The van der Waals surface area contributed by atoms with Crippen molar-refractivity contribution in [3.8, 4) is 5.75 Å². The van der Waals surface area contributed by atoms with E-state index in [1.807, 2.05) is 0 Å². The highest BCUT2D eigenvalue weighted by Gasteiger charge is 2.18. The summed E-state index contributed by atoms with van der Waals surface area (Å²) in [5.74, 6) is -0.244. The van der Waals surface area contributed by atoms with Gasteiger partial charge in [-0.3, -0.25) is 8.74 Å². The minimum absolute atomic E-state index is 0.148. The monoisotopic (exact) mass is 313 g/mol. The number of nitrogens with two attached hydrogens (primary N) is 1. The Balaban J connectivity index is 2.92. The average Bonchev–Trinajstić information content (AvgIpc) is 2.27. The summed E-state index contributed by atoms with van der Waals surface area (Å²) in [5, 5.41) is 9.43. The molecule has 0 amide bonds. The van der Waals surface area contributed by atoms with Crippen LogP contribution in [0, 0.1) is 0 Å². The molecule has 0 aliphatic rings. The van der Waals surface area contributed by atoms with Gasteiger partial charge in [0.15, 0.2) is 18.1 Å². The lowest BCUT2D eigenvalue weighted by atomic mass is 10.3. The van der Waals surface area contributed by atoms with Gasteiger partial charge in [-0.05, 0) is 12.1 Å². The van der Waals surface area contributed by atoms with Gasteiger partial charge in [0.05, 0.1) is 12.3 Å². The molecule has 0 atom stereocenters. The molecule has 1 aromatic carbocycles. The third-order valence-corrected chi connectivity index (χ3v) is 3.92. The Hall–Kier alpha value is -0.650. The summed E-state index contributed by atoms with van der Waals surface area (Å²) in [6.07, 6.45) is 0. The summed E-state index contributed by atoms with van der Waals surface area (Å²) in [6.45, 7) is 0.230. The van der Waals surface area contributed by atoms with Crippen LogP contribution in [0.25, 0.3) is 0 Å². The van der Waals surface area contributed by atoms with Crippen LogP contribution in [0.2, 0.25) is 0 Å². The molecule has 1 aromatic rings. The van der Waals surface area contributed by atoms with Gasteiger partial charge in [0.2, 0.25) is 0 Å². The normalized spacial score (nSPS) is 11.7. The van der Waals surface area contributed by atoms with E-state index in [-0.39, 0.29) is 24.6 Å². The second kappa shape index (κ2) is 6.50. The number of anilines is 1. The summed E-state index contributed by atoms with van der Waals surface area (Å²) < 4.78 is 43.8. The summed E-state index contributed by atoms with van der Waals surface area (Å²) in [4.78, 5) is -0.188. The Bertz CT molecular complexity index is 518. The Morgan fingerprint density at radius 2 is 2.06 bits per heavy atom. The van der Waals surface area contributed by atoms with E-state index in [1.54, 1.807) is 0 Å². The van der Waals surface area contributed by atoms with E-state index in [4.69, 9.17) is 14.8 Å². The SMILES string of the molecule is Nc1cc(SCCOSO)cc(S(=O)(=O)O)c1O. The Kier molecular flexibility index (Phi) is 5.56. The highest BCUT2D eigenvalue weighted by Crippen LogP contribution is 2.34. The van der Waals surface area contributed by atoms with Crippen LogP contribution in [0.5, 0.6) is 5.75 Å². The van der Waals surface area contributed by atoms with Gasteiger partial charge in [-0.15, -0.1) is 11.8 Å². The Morgan fingerprint density at radius 1 is 1.39 bits per heavy atom. The van der Waals surface area contributed by atoms with Crippen molar-refractivity contribution in [2.24, 2.45) is 0 Å². The van der Waals surface area contributed by atoms with Crippen molar-refractivity contribution in [3.05, 3.63) is 12.1 Å². The molecule has 102 valence electrons. The lowest BCUT2D eigenvalue weighted by Gasteiger charge is -2.08. The van der Waals surface area contributed by atoms with Gasteiger partial charge in [-0.1, -0.05) is 0 Å². The molecule has 0 saturated carbocycles. The Morgan fingerprint density at radius 3 is 2.61 bits per heavy atom. The number of phenolic OH excluding ortho intramolecular Hbond substituents is 1. The molecule has 0 bridgehead atoms. The molecule has 10 heteroatoms. The van der Waals surface area contributed by atoms with Crippen molar-refractivity contribution in [1.29, 1.82) is 0 Å². The smallest absolute Gasteiger partial charge is 0.298 e. The summed E-state index contributed by atoms with van der Waals surface area (Å²) in [6, 6.07) is 2.48. The number of hydrogen-bond acceptors (Lipinski definition) is 8. The molecule has 0 aliphatic carbocycles. The van der Waals surface area contributed by atoms with Crippen LogP contribution in [0.4, 0.5) is 5.69 Å². The number of aromatic hydroxyl groups is 1. The summed E-state index contributed by atoms with van der Waals surface area (Å²) in [5.41, 5.74) is 5.29. The third-order valence-electron chi connectivity index (χ3n) is 1.84. The Labute approximate surface area is 112 Å². The standard InChI is InChI=1S/C8H11NO6S3/c9-6-3-5(16-2-1-15-17-11)4-7(8(6)10)18(12,13)14/h3-4,10-11H,1-2,9H2,(H,12,13,14). The van der Waals surface area contributed by atoms with Crippen molar-refractivity contribution >= 4 is 39.9 Å². The van der Waals surface area contributed by atoms with Crippen molar-refractivity contribution in [3.63, 3.8) is 0 Å². The quantitative estimate of drug-likeness (QED) is 0.154. The van der Waals surface area contributed by atoms with E-state index in [0.717, 1.165) is 6.07 Å². The van der Waals surface area contributed by atoms with E-state index in [2.05, 4.69) is 4.18 Å². The molecule has 0 aliphatic heterocycles. The first-order valence-corrected chi connectivity index (χ1v) is 7.64. The zero-order valence-electron chi connectivity index (χ0n) is 8.94. The van der Waals surface area contributed by atoms with Crippen LogP contribution in [-0.4, -0.2) is 35.0 Å². The first-order valence-electron chi connectivity index (χ1n) is 4.52. The van der Waals surface area contributed by atoms with Gasteiger partial charge in [0.1, 0.15) is 4.90 Å². The number of nitrogen functional groups attached to an aromatic ring is 1. The maximum atomic E-state index is 11.0. The number of benzene rings is 1. The molecule has 18 heavy (non-hydrogen) atoms. The maximum absolute atomic E-state index is 11.0. The van der Waals surface area contributed by atoms with Crippen molar-refractivity contribution < 1.29 is 26.8 Å². The number of phenols is 1. The van der Waals surface area contributed by atoms with Gasteiger partial charge < -0.3 is 15.4 Å². The van der Waals surface area contributed by atoms with E-state index >= 15 is 0 Å². The molecule has 1 rings (SSSR count). The predicted octanol–water partition coefficient (Wildman–Crippen LogP) is 1.45. The molecule has 0 spiro atoms. The number of hydrogen-bond donors (Lipinski definition) is 4. The first-order chi connectivity index (χ1) is 8.36. The molecular formula is C8H11NO6S3. The van der Waals surface area contributed by atoms with Crippen LogP contribution in [0.1, 0.15) is 0 Å². The van der Waals surface area contributed by atoms with Crippen molar-refractivity contribution in [1.82, 2.24) is 0 Å². The van der Waals surface area contributed by atoms with Gasteiger partial charge in [0.25, 0.3) is 10.1 Å². The van der Waals surface area contributed by atoms with Crippen LogP contribution in [-0.2, 0) is 14.3 Å². The largest absolute Gasteiger partial charge is 0.504 e. The topological polar surface area (TPSA) is 130 Å². The molecule has 0 fully saturated rings. The first kappa shape index (κ1) is 15.4. The van der Waals surface area contributed by atoms with Crippen molar-refractivity contribution in [2.75, 3.05) is 18.1 Å². The fourth-order valence-electron chi connectivity index (χ4n) is 1.11. The minimum Gasteiger partial charge on any atom is -0.504 e. The van der Waals surface area contributed by atoms with Gasteiger partial charge in [-0.25, -0.2) is 0 Å². The fraction of sp³-hybridized carbons (Fsp3) is 0.250. The summed E-state index contributed by atoms with van der Waals surface area (Å²) >= 11 is 1.43. The second-order valence-electron chi connectivity index (χ2n) is 3.08. The molecule has 0 unspecified atom stereocenters. The van der Waals surface area contributed by atoms with Gasteiger partial charge >= 0.3 is 0 Å². The van der Waals surface area contributed by atoms with Gasteiger partial charge in [-0.2, -0.15) is 8.42 Å². The summed E-state index contributed by atoms with van der Waals surface area (Å²) in [7, 11) is -4.53. The molecule has 0 saturated heterocycles. The van der Waals surface area contributed by atoms with Gasteiger partial charge in [0, 0.05) is 10.6 Å². The van der Waals surface area contributed by atoms with E-state index in [9.17, 15) is 13.5 Å². The van der Waals surface area contributed by atoms with E-state index in [0.29, 0.717) is 10.6 Å². The number of thioether (sulfide) groups is 1. The van der Waals surface area contributed by atoms with Crippen LogP contribution in [0.15, 0.2) is 21.9 Å². The van der Waals surface area contributed by atoms with Crippen LogP contribution >= 0.6 is 24.1 Å². The lowest BCUT2D eigenvalue weighted by Crippen LogP contribution is -2.01. The zero-order valence-corrected chi connectivity index (χ0v) is 11.4.